The van der Waals surface area contributed by atoms with Crippen LogP contribution in [0.25, 0.3) is 21.9 Å². The van der Waals surface area contributed by atoms with Crippen LogP contribution in [0.1, 0.15) is 21.6 Å². The SMILES string of the molecule is COC(=O)Cc1ccc2c(c1)NC(=O)c1ccc(-c3cccc4c(C#N)nccc34)cc1N2. The van der Waals surface area contributed by atoms with Gasteiger partial charge < -0.3 is 15.4 Å². The van der Waals surface area contributed by atoms with Crippen LogP contribution < -0.4 is 10.6 Å². The van der Waals surface area contributed by atoms with Gasteiger partial charge in [0.05, 0.1) is 36.2 Å². The Morgan fingerprint density at radius 2 is 1.85 bits per heavy atom. The number of aromatic nitrogens is 1. The lowest BCUT2D eigenvalue weighted by Crippen LogP contribution is -2.11. The van der Waals surface area contributed by atoms with Crippen molar-refractivity contribution in [3.05, 3.63) is 83.7 Å². The first kappa shape index (κ1) is 20.2. The zero-order chi connectivity index (χ0) is 22.9. The van der Waals surface area contributed by atoms with E-state index in [4.69, 9.17) is 4.74 Å². The van der Waals surface area contributed by atoms with Gasteiger partial charge in [-0.1, -0.05) is 30.3 Å². The summed E-state index contributed by atoms with van der Waals surface area (Å²) >= 11 is 0. The number of anilines is 3. The van der Waals surface area contributed by atoms with E-state index in [1.807, 2.05) is 48.5 Å². The number of rotatable bonds is 3. The normalized spacial score (nSPS) is 11.9. The number of hydrogen-bond donors (Lipinski definition) is 2. The molecule has 7 nitrogen and oxygen atoms in total. The molecule has 160 valence electrons. The van der Waals surface area contributed by atoms with E-state index in [2.05, 4.69) is 21.7 Å². The Morgan fingerprint density at radius 1 is 0.970 bits per heavy atom. The molecule has 2 N–H and O–H groups in total. The lowest BCUT2D eigenvalue weighted by atomic mass is 9.96. The number of nitriles is 1. The highest BCUT2D eigenvalue weighted by atomic mass is 16.5. The summed E-state index contributed by atoms with van der Waals surface area (Å²) in [7, 11) is 1.34. The molecule has 0 radical (unpaired) electrons. The summed E-state index contributed by atoms with van der Waals surface area (Å²) in [5.41, 5.74) is 5.44. The summed E-state index contributed by atoms with van der Waals surface area (Å²) in [6.45, 7) is 0. The zero-order valence-corrected chi connectivity index (χ0v) is 17.7. The highest BCUT2D eigenvalue weighted by molar-refractivity contribution is 6.13. The molecule has 33 heavy (non-hydrogen) atoms. The average molecular weight is 434 g/mol. The van der Waals surface area contributed by atoms with Crippen molar-refractivity contribution in [3.8, 4) is 17.2 Å². The number of ether oxygens (including phenoxy) is 1. The standard InChI is InChI=1S/C26H18N4O3/c1-33-25(31)12-15-5-8-21-23(11-15)30-26(32)20-7-6-16(13-22(20)29-21)17-3-2-4-19-18(17)9-10-28-24(19)14-27/h2-11,13,29H,12H2,1H3,(H,30,32). The van der Waals surface area contributed by atoms with Gasteiger partial charge in [0.1, 0.15) is 11.8 Å². The molecule has 0 aliphatic carbocycles. The van der Waals surface area contributed by atoms with Crippen LogP contribution in [0.4, 0.5) is 17.1 Å². The van der Waals surface area contributed by atoms with Gasteiger partial charge in [0.25, 0.3) is 5.91 Å². The van der Waals surface area contributed by atoms with E-state index in [0.717, 1.165) is 33.2 Å². The third-order valence-electron chi connectivity index (χ3n) is 5.66. The van der Waals surface area contributed by atoms with Crippen LogP contribution >= 0.6 is 0 Å². The Hall–Kier alpha value is -4.70. The lowest BCUT2D eigenvalue weighted by Gasteiger charge is -2.12. The van der Waals surface area contributed by atoms with Crippen molar-refractivity contribution in [3.63, 3.8) is 0 Å². The van der Waals surface area contributed by atoms with Crippen LogP contribution in [0.15, 0.2) is 66.9 Å². The zero-order valence-electron chi connectivity index (χ0n) is 17.7. The molecule has 0 unspecified atom stereocenters. The maximum atomic E-state index is 12.9. The number of esters is 1. The van der Waals surface area contributed by atoms with Crippen molar-refractivity contribution >= 4 is 39.7 Å². The van der Waals surface area contributed by atoms with Gasteiger partial charge in [-0.05, 0) is 52.4 Å². The predicted octanol–water partition coefficient (Wildman–Crippen LogP) is 4.80. The maximum Gasteiger partial charge on any atom is 0.309 e. The summed E-state index contributed by atoms with van der Waals surface area (Å²) in [5.74, 6) is -0.590. The summed E-state index contributed by atoms with van der Waals surface area (Å²) in [6, 6.07) is 20.8. The van der Waals surface area contributed by atoms with Gasteiger partial charge in [0.2, 0.25) is 0 Å². The van der Waals surface area contributed by atoms with Crippen molar-refractivity contribution in [2.75, 3.05) is 17.7 Å². The minimum atomic E-state index is -0.347. The monoisotopic (exact) mass is 434 g/mol. The summed E-state index contributed by atoms with van der Waals surface area (Å²) in [5, 5.41) is 17.3. The molecule has 1 amide bonds. The molecule has 1 aliphatic rings. The van der Waals surface area contributed by atoms with Crippen LogP contribution in [0.5, 0.6) is 0 Å². The van der Waals surface area contributed by atoms with Crippen LogP contribution in [-0.2, 0) is 16.0 Å². The quantitative estimate of drug-likeness (QED) is 0.449. The number of fused-ring (bicyclic) bond motifs is 3. The fraction of sp³-hybridized carbons (Fsp3) is 0.0769. The van der Waals surface area contributed by atoms with E-state index in [1.54, 1.807) is 18.3 Å². The molecular weight excluding hydrogens is 416 g/mol. The molecule has 1 aliphatic heterocycles. The molecule has 2 heterocycles. The number of amides is 1. The first-order chi connectivity index (χ1) is 16.1. The van der Waals surface area contributed by atoms with Crippen molar-refractivity contribution in [1.82, 2.24) is 4.98 Å². The molecule has 7 heteroatoms. The highest BCUT2D eigenvalue weighted by Gasteiger charge is 2.21. The second-order valence-corrected chi connectivity index (χ2v) is 7.64. The second-order valence-electron chi connectivity index (χ2n) is 7.64. The van der Waals surface area contributed by atoms with E-state index in [1.165, 1.54) is 7.11 Å². The summed E-state index contributed by atoms with van der Waals surface area (Å²) < 4.78 is 4.73. The molecule has 3 aromatic carbocycles. The predicted molar refractivity (Wildman–Crippen MR) is 125 cm³/mol. The molecule has 0 saturated heterocycles. The van der Waals surface area contributed by atoms with E-state index in [-0.39, 0.29) is 18.3 Å². The van der Waals surface area contributed by atoms with Gasteiger partial charge in [-0.15, -0.1) is 0 Å². The van der Waals surface area contributed by atoms with Crippen LogP contribution in [0.2, 0.25) is 0 Å². The van der Waals surface area contributed by atoms with Crippen LogP contribution in [-0.4, -0.2) is 24.0 Å². The van der Waals surface area contributed by atoms with E-state index in [0.29, 0.717) is 22.6 Å². The number of nitrogens with zero attached hydrogens (tertiary/aromatic N) is 2. The van der Waals surface area contributed by atoms with Gasteiger partial charge in [0, 0.05) is 11.6 Å². The Morgan fingerprint density at radius 3 is 2.67 bits per heavy atom. The van der Waals surface area contributed by atoms with Gasteiger partial charge in [0.15, 0.2) is 0 Å². The molecule has 0 atom stereocenters. The fourth-order valence-corrected chi connectivity index (χ4v) is 4.05. The highest BCUT2D eigenvalue weighted by Crippen LogP contribution is 2.37. The molecule has 0 spiro atoms. The number of methoxy groups -OCH3 is 1. The first-order valence-electron chi connectivity index (χ1n) is 10.3. The maximum absolute atomic E-state index is 12.9. The largest absolute Gasteiger partial charge is 0.469 e. The molecular formula is C26H18N4O3. The molecule has 4 aromatic rings. The van der Waals surface area contributed by atoms with Gasteiger partial charge in [-0.25, -0.2) is 4.98 Å². The number of carbonyl (C=O) groups excluding carboxylic acids is 2. The summed E-state index contributed by atoms with van der Waals surface area (Å²) in [6.07, 6.45) is 1.75. The first-order valence-corrected chi connectivity index (χ1v) is 10.3. The van der Waals surface area contributed by atoms with Crippen molar-refractivity contribution in [1.29, 1.82) is 5.26 Å². The van der Waals surface area contributed by atoms with Gasteiger partial charge in [-0.2, -0.15) is 5.26 Å². The number of hydrogen-bond acceptors (Lipinski definition) is 6. The van der Waals surface area contributed by atoms with Crippen molar-refractivity contribution in [2.24, 2.45) is 0 Å². The van der Waals surface area contributed by atoms with Crippen molar-refractivity contribution in [2.45, 2.75) is 6.42 Å². The lowest BCUT2D eigenvalue weighted by molar-refractivity contribution is -0.139. The summed E-state index contributed by atoms with van der Waals surface area (Å²) in [4.78, 5) is 28.7. The number of pyridine rings is 1. The van der Waals surface area contributed by atoms with E-state index < -0.39 is 0 Å². The van der Waals surface area contributed by atoms with Gasteiger partial charge >= 0.3 is 5.97 Å². The molecule has 0 bridgehead atoms. The Labute approximate surface area is 189 Å². The minimum Gasteiger partial charge on any atom is -0.469 e. The topological polar surface area (TPSA) is 104 Å². The van der Waals surface area contributed by atoms with E-state index >= 15 is 0 Å². The molecule has 5 rings (SSSR count). The minimum absolute atomic E-state index is 0.122. The molecule has 1 aromatic heterocycles. The Bertz CT molecular complexity index is 1490. The smallest absolute Gasteiger partial charge is 0.309 e. The van der Waals surface area contributed by atoms with Gasteiger partial charge in [-0.3, -0.25) is 9.59 Å². The average Bonchev–Trinajstić information content (AvgIpc) is 2.98. The van der Waals surface area contributed by atoms with Crippen LogP contribution in [0.3, 0.4) is 0 Å². The van der Waals surface area contributed by atoms with Crippen LogP contribution in [0, 0.1) is 11.3 Å². The number of carbonyl (C=O) groups is 2. The third kappa shape index (κ3) is 3.64. The second kappa shape index (κ2) is 8.09. The number of nitrogens with one attached hydrogen (secondary N) is 2. The molecule has 0 fully saturated rings. The Balaban J connectivity index is 1.57. The number of benzene rings is 3. The third-order valence-corrected chi connectivity index (χ3v) is 5.66. The van der Waals surface area contributed by atoms with Crippen molar-refractivity contribution < 1.29 is 14.3 Å². The van der Waals surface area contributed by atoms with E-state index in [9.17, 15) is 14.9 Å². The molecule has 0 saturated carbocycles. The Kier molecular flexibility index (Phi) is 4.96. The fourth-order valence-electron chi connectivity index (χ4n) is 4.05.